The smallest absolute Gasteiger partial charge is 0.222 e. The number of nitrogens with zero attached hydrogens (tertiary/aromatic N) is 1. The Balaban J connectivity index is 1.59. The zero-order chi connectivity index (χ0) is 20.5. The highest BCUT2D eigenvalue weighted by Gasteiger charge is 2.10. The Hall–Kier alpha value is -3.32. The van der Waals surface area contributed by atoms with Crippen LogP contribution in [-0.2, 0) is 6.42 Å². The van der Waals surface area contributed by atoms with E-state index in [0.29, 0.717) is 24.5 Å². The molecule has 1 aromatic heterocycles. The van der Waals surface area contributed by atoms with Crippen LogP contribution in [0.25, 0.3) is 0 Å². The summed E-state index contributed by atoms with van der Waals surface area (Å²) in [4.78, 5) is 4.43. The van der Waals surface area contributed by atoms with Crippen LogP contribution < -0.4 is 9.47 Å². The lowest BCUT2D eigenvalue weighted by Crippen LogP contribution is -2.00. The van der Waals surface area contributed by atoms with Crippen molar-refractivity contribution >= 4 is 0 Å². The van der Waals surface area contributed by atoms with Gasteiger partial charge in [-0.2, -0.15) is 0 Å². The molecule has 0 spiro atoms. The van der Waals surface area contributed by atoms with Crippen LogP contribution in [-0.4, -0.2) is 11.6 Å². The normalized spacial score (nSPS) is 11.5. The van der Waals surface area contributed by atoms with Crippen LogP contribution in [0, 0.1) is 18.2 Å². The van der Waals surface area contributed by atoms with Gasteiger partial charge in [-0.05, 0) is 62.1 Å². The molecule has 3 nitrogen and oxygen atoms in total. The zero-order valence-corrected chi connectivity index (χ0v) is 16.5. The lowest BCUT2D eigenvalue weighted by Gasteiger charge is -2.12. The van der Waals surface area contributed by atoms with Crippen LogP contribution in [0.4, 0.5) is 4.39 Å². The summed E-state index contributed by atoms with van der Waals surface area (Å²) >= 11 is 0. The first-order valence-corrected chi connectivity index (χ1v) is 9.76. The number of aromatic nitrogens is 1. The monoisotopic (exact) mass is 389 g/mol. The predicted molar refractivity (Wildman–Crippen MR) is 113 cm³/mol. The summed E-state index contributed by atoms with van der Waals surface area (Å²) in [6.45, 7) is 2.59. The second kappa shape index (κ2) is 10.3. The van der Waals surface area contributed by atoms with Crippen LogP contribution >= 0.6 is 0 Å². The first-order valence-electron chi connectivity index (χ1n) is 9.76. The maximum Gasteiger partial charge on any atom is 0.222 e. The minimum atomic E-state index is -0.360. The highest BCUT2D eigenvalue weighted by atomic mass is 19.1. The van der Waals surface area contributed by atoms with E-state index in [1.807, 2.05) is 49.4 Å². The van der Waals surface area contributed by atoms with Gasteiger partial charge in [0.2, 0.25) is 5.88 Å². The summed E-state index contributed by atoms with van der Waals surface area (Å²) < 4.78 is 25.1. The van der Waals surface area contributed by atoms with Gasteiger partial charge in [0.1, 0.15) is 17.3 Å². The molecule has 1 unspecified atom stereocenters. The number of terminal acetylenes is 1. The van der Waals surface area contributed by atoms with E-state index >= 15 is 0 Å². The van der Waals surface area contributed by atoms with Crippen molar-refractivity contribution in [1.82, 2.24) is 4.98 Å². The molecule has 0 aliphatic rings. The van der Waals surface area contributed by atoms with Crippen LogP contribution in [0.15, 0.2) is 66.7 Å². The minimum Gasteiger partial charge on any atom is -0.494 e. The second-order valence-electron chi connectivity index (χ2n) is 6.64. The quantitative estimate of drug-likeness (QED) is 0.411. The number of aryl methyl sites for hydroxylation is 1. The van der Waals surface area contributed by atoms with E-state index in [1.54, 1.807) is 12.1 Å². The first-order chi connectivity index (χ1) is 14.2. The van der Waals surface area contributed by atoms with E-state index < -0.39 is 0 Å². The Bertz CT molecular complexity index is 949. The molecule has 0 N–H and O–H groups in total. The molecule has 148 valence electrons. The Morgan fingerprint density at radius 2 is 1.79 bits per heavy atom. The van der Waals surface area contributed by atoms with Crippen LogP contribution in [0.5, 0.6) is 17.4 Å². The average molecular weight is 389 g/mol. The highest BCUT2D eigenvalue weighted by Crippen LogP contribution is 2.25. The number of rotatable bonds is 9. The molecule has 0 aliphatic carbocycles. The van der Waals surface area contributed by atoms with Gasteiger partial charge in [-0.15, -0.1) is 6.42 Å². The molecule has 0 saturated heterocycles. The Morgan fingerprint density at radius 3 is 2.48 bits per heavy atom. The van der Waals surface area contributed by atoms with Crippen molar-refractivity contribution < 1.29 is 13.9 Å². The molecule has 29 heavy (non-hydrogen) atoms. The van der Waals surface area contributed by atoms with Crippen molar-refractivity contribution in [2.45, 2.75) is 32.1 Å². The van der Waals surface area contributed by atoms with Gasteiger partial charge in [-0.1, -0.05) is 36.3 Å². The van der Waals surface area contributed by atoms with Crippen molar-refractivity contribution in [3.63, 3.8) is 0 Å². The number of hydrogen-bond acceptors (Lipinski definition) is 3. The van der Waals surface area contributed by atoms with Gasteiger partial charge in [0, 0.05) is 17.7 Å². The maximum absolute atomic E-state index is 14.0. The molecule has 1 heterocycles. The van der Waals surface area contributed by atoms with Gasteiger partial charge in [0.15, 0.2) is 0 Å². The lowest BCUT2D eigenvalue weighted by molar-refractivity contribution is 0.340. The number of ether oxygens (including phenoxy) is 2. The van der Waals surface area contributed by atoms with Crippen molar-refractivity contribution in [1.29, 1.82) is 0 Å². The molecular weight excluding hydrogens is 365 g/mol. The van der Waals surface area contributed by atoms with Gasteiger partial charge >= 0.3 is 0 Å². The molecular formula is C25H24FNO2. The molecule has 0 fully saturated rings. The van der Waals surface area contributed by atoms with Gasteiger partial charge in [-0.3, -0.25) is 0 Å². The van der Waals surface area contributed by atoms with Gasteiger partial charge in [0.25, 0.3) is 0 Å². The van der Waals surface area contributed by atoms with E-state index in [-0.39, 0.29) is 17.6 Å². The van der Waals surface area contributed by atoms with E-state index in [4.69, 9.17) is 15.9 Å². The maximum atomic E-state index is 14.0. The third kappa shape index (κ3) is 6.08. The zero-order valence-electron chi connectivity index (χ0n) is 16.5. The number of hydrogen-bond donors (Lipinski definition) is 0. The highest BCUT2D eigenvalue weighted by molar-refractivity contribution is 5.33. The summed E-state index contributed by atoms with van der Waals surface area (Å²) in [5.74, 6) is 4.21. The minimum absolute atomic E-state index is 0.000671. The molecule has 0 saturated carbocycles. The van der Waals surface area contributed by atoms with Gasteiger partial charge < -0.3 is 9.47 Å². The Kier molecular flexibility index (Phi) is 7.24. The molecule has 0 bridgehead atoms. The summed E-state index contributed by atoms with van der Waals surface area (Å²) in [5, 5.41) is 0. The summed E-state index contributed by atoms with van der Waals surface area (Å²) in [6, 6.07) is 19.8. The molecule has 0 radical (unpaired) electrons. The lowest BCUT2D eigenvalue weighted by atomic mass is 9.94. The molecule has 0 amide bonds. The third-order valence-electron chi connectivity index (χ3n) is 4.51. The predicted octanol–water partition coefficient (Wildman–Crippen LogP) is 6.15. The molecule has 1 atom stereocenters. The summed E-state index contributed by atoms with van der Waals surface area (Å²) in [7, 11) is 0. The standard InChI is InChI=1S/C25H24FNO2/c1-3-19(20-13-15-23(16-14-20)28-4-2)9-8-10-22-17-21(26)18-25(27-22)29-24-11-6-5-7-12-24/h1,5-7,11-19H,4,8-10H2,2H3. The SMILES string of the molecule is C#CC(CCCc1cc(F)cc(Oc2ccccc2)n1)c1ccc(OCC)cc1. The molecule has 4 heteroatoms. The number of pyridine rings is 1. The Morgan fingerprint density at radius 1 is 1.03 bits per heavy atom. The van der Waals surface area contributed by atoms with Crippen molar-refractivity contribution in [3.05, 3.63) is 83.8 Å². The third-order valence-corrected chi connectivity index (χ3v) is 4.51. The topological polar surface area (TPSA) is 31.4 Å². The van der Waals surface area contributed by atoms with E-state index in [1.165, 1.54) is 12.1 Å². The first kappa shape index (κ1) is 20.4. The van der Waals surface area contributed by atoms with E-state index in [2.05, 4.69) is 10.9 Å². The second-order valence-corrected chi connectivity index (χ2v) is 6.64. The Labute approximate surface area is 171 Å². The van der Waals surface area contributed by atoms with Crippen LogP contribution in [0.2, 0.25) is 0 Å². The molecule has 3 rings (SSSR count). The van der Waals surface area contributed by atoms with E-state index in [0.717, 1.165) is 24.2 Å². The fourth-order valence-electron chi connectivity index (χ4n) is 3.11. The number of benzene rings is 2. The van der Waals surface area contributed by atoms with Crippen molar-refractivity contribution in [2.75, 3.05) is 6.61 Å². The molecule has 3 aromatic rings. The fraction of sp³-hybridized carbons (Fsp3) is 0.240. The van der Waals surface area contributed by atoms with Gasteiger partial charge in [-0.25, -0.2) is 9.37 Å². The largest absolute Gasteiger partial charge is 0.494 e. The van der Waals surface area contributed by atoms with Crippen molar-refractivity contribution in [3.8, 4) is 29.7 Å². The summed E-state index contributed by atoms with van der Waals surface area (Å²) in [5.41, 5.74) is 1.73. The number of para-hydroxylation sites is 1. The van der Waals surface area contributed by atoms with Crippen LogP contribution in [0.3, 0.4) is 0 Å². The number of halogens is 1. The van der Waals surface area contributed by atoms with Crippen LogP contribution in [0.1, 0.15) is 36.9 Å². The van der Waals surface area contributed by atoms with E-state index in [9.17, 15) is 4.39 Å². The molecule has 0 aliphatic heterocycles. The summed E-state index contributed by atoms with van der Waals surface area (Å²) in [6.07, 6.45) is 7.95. The van der Waals surface area contributed by atoms with Crippen molar-refractivity contribution in [2.24, 2.45) is 0 Å². The average Bonchev–Trinajstić information content (AvgIpc) is 2.73. The molecule has 2 aromatic carbocycles. The van der Waals surface area contributed by atoms with Gasteiger partial charge in [0.05, 0.1) is 6.61 Å². The fourth-order valence-corrected chi connectivity index (χ4v) is 3.11.